The highest BCUT2D eigenvalue weighted by molar-refractivity contribution is 5.93. The van der Waals surface area contributed by atoms with Crippen molar-refractivity contribution in [2.24, 2.45) is 0 Å². The molecular formula is C22H15N3. The SMILES string of the molecule is N#CC(C#N)=C(c1ccccc1)c1ccc(N)cc1-c1ccccc1. The van der Waals surface area contributed by atoms with Crippen LogP contribution in [0.2, 0.25) is 0 Å². The van der Waals surface area contributed by atoms with E-state index in [4.69, 9.17) is 5.73 Å². The Morgan fingerprint density at radius 3 is 1.96 bits per heavy atom. The highest BCUT2D eigenvalue weighted by Gasteiger charge is 2.16. The molecule has 2 N–H and O–H groups in total. The standard InChI is InChI=1S/C22H15N3/c23-14-18(15-24)22(17-9-5-2-6-10-17)20-12-11-19(25)13-21(20)16-7-3-1-4-8-16/h1-13H,25H2. The molecule has 118 valence electrons. The minimum absolute atomic E-state index is 0.0770. The Balaban J connectivity index is 2.35. The first kappa shape index (κ1) is 16.1. The molecule has 0 aliphatic heterocycles. The number of nitriles is 2. The second kappa shape index (κ2) is 7.17. The van der Waals surface area contributed by atoms with Crippen molar-refractivity contribution in [3.8, 4) is 23.3 Å². The monoisotopic (exact) mass is 321 g/mol. The molecule has 0 spiro atoms. The predicted octanol–water partition coefficient (Wildman–Crippen LogP) is 4.78. The first-order chi connectivity index (χ1) is 12.2. The van der Waals surface area contributed by atoms with Crippen molar-refractivity contribution in [1.82, 2.24) is 0 Å². The van der Waals surface area contributed by atoms with Crippen LogP contribution in [0.25, 0.3) is 16.7 Å². The average Bonchev–Trinajstić information content (AvgIpc) is 2.68. The van der Waals surface area contributed by atoms with Crippen molar-refractivity contribution in [3.05, 3.63) is 95.6 Å². The molecular weight excluding hydrogens is 306 g/mol. The third kappa shape index (κ3) is 3.27. The van der Waals surface area contributed by atoms with Crippen molar-refractivity contribution in [2.75, 3.05) is 5.73 Å². The number of nitrogens with zero attached hydrogens (tertiary/aromatic N) is 2. The maximum absolute atomic E-state index is 9.48. The van der Waals surface area contributed by atoms with E-state index in [1.807, 2.05) is 84.9 Å². The normalized spacial score (nSPS) is 9.68. The van der Waals surface area contributed by atoms with E-state index in [0.717, 1.165) is 22.3 Å². The highest BCUT2D eigenvalue weighted by Crippen LogP contribution is 2.35. The summed E-state index contributed by atoms with van der Waals surface area (Å²) < 4.78 is 0. The van der Waals surface area contributed by atoms with Gasteiger partial charge in [0.05, 0.1) is 0 Å². The Bertz CT molecular complexity index is 989. The summed E-state index contributed by atoms with van der Waals surface area (Å²) in [4.78, 5) is 0. The third-order valence-electron chi connectivity index (χ3n) is 3.93. The van der Waals surface area contributed by atoms with Gasteiger partial charge in [0, 0.05) is 11.3 Å². The van der Waals surface area contributed by atoms with Crippen LogP contribution in [0.15, 0.2) is 84.4 Å². The van der Waals surface area contributed by atoms with Gasteiger partial charge < -0.3 is 5.73 Å². The Kier molecular flexibility index (Phi) is 4.60. The summed E-state index contributed by atoms with van der Waals surface area (Å²) in [7, 11) is 0. The second-order valence-corrected chi connectivity index (χ2v) is 5.51. The van der Waals surface area contributed by atoms with Gasteiger partial charge in [-0.2, -0.15) is 10.5 Å². The Morgan fingerprint density at radius 1 is 0.760 bits per heavy atom. The van der Waals surface area contributed by atoms with E-state index in [9.17, 15) is 10.5 Å². The Hall–Kier alpha value is -3.82. The molecule has 0 radical (unpaired) electrons. The summed E-state index contributed by atoms with van der Waals surface area (Å²) in [6.07, 6.45) is 0. The van der Waals surface area contributed by atoms with Crippen molar-refractivity contribution in [1.29, 1.82) is 10.5 Å². The van der Waals surface area contributed by atoms with Crippen molar-refractivity contribution < 1.29 is 0 Å². The smallest absolute Gasteiger partial charge is 0.138 e. The van der Waals surface area contributed by atoms with Crippen LogP contribution >= 0.6 is 0 Å². The van der Waals surface area contributed by atoms with Crippen molar-refractivity contribution in [2.45, 2.75) is 0 Å². The molecule has 25 heavy (non-hydrogen) atoms. The fourth-order valence-electron chi connectivity index (χ4n) is 2.81. The summed E-state index contributed by atoms with van der Waals surface area (Å²) in [5, 5.41) is 19.0. The lowest BCUT2D eigenvalue weighted by atomic mass is 9.88. The van der Waals surface area contributed by atoms with Crippen LogP contribution in [0.1, 0.15) is 11.1 Å². The van der Waals surface area contributed by atoms with Gasteiger partial charge in [-0.1, -0.05) is 66.7 Å². The van der Waals surface area contributed by atoms with Crippen LogP contribution in [0.5, 0.6) is 0 Å². The summed E-state index contributed by atoms with van der Waals surface area (Å²) in [5.41, 5.74) is 10.8. The summed E-state index contributed by atoms with van der Waals surface area (Å²) in [5.74, 6) is 0. The molecule has 0 saturated heterocycles. The zero-order chi connectivity index (χ0) is 17.6. The molecule has 0 atom stereocenters. The van der Waals surface area contributed by atoms with Gasteiger partial charge in [0.15, 0.2) is 0 Å². The first-order valence-corrected chi connectivity index (χ1v) is 7.80. The molecule has 0 aliphatic carbocycles. The fraction of sp³-hybridized carbons (Fsp3) is 0. The number of allylic oxidation sites excluding steroid dienone is 1. The first-order valence-electron chi connectivity index (χ1n) is 7.80. The van der Waals surface area contributed by atoms with E-state index in [2.05, 4.69) is 0 Å². The molecule has 0 heterocycles. The van der Waals surface area contributed by atoms with Crippen molar-refractivity contribution in [3.63, 3.8) is 0 Å². The quantitative estimate of drug-likeness (QED) is 0.557. The molecule has 0 aromatic heterocycles. The summed E-state index contributed by atoms with van der Waals surface area (Å²) >= 11 is 0. The minimum atomic E-state index is 0.0770. The Labute approximate surface area is 146 Å². The van der Waals surface area contributed by atoms with Crippen molar-refractivity contribution >= 4 is 11.3 Å². The van der Waals surface area contributed by atoms with E-state index in [0.29, 0.717) is 11.3 Å². The molecule has 3 nitrogen and oxygen atoms in total. The molecule has 3 aromatic carbocycles. The zero-order valence-electron chi connectivity index (χ0n) is 13.5. The van der Waals surface area contributed by atoms with Gasteiger partial charge in [-0.25, -0.2) is 0 Å². The van der Waals surface area contributed by atoms with E-state index < -0.39 is 0 Å². The lowest BCUT2D eigenvalue weighted by Crippen LogP contribution is -1.97. The molecule has 0 amide bonds. The number of hydrogen-bond donors (Lipinski definition) is 1. The van der Waals surface area contributed by atoms with E-state index in [1.165, 1.54) is 0 Å². The fourth-order valence-corrected chi connectivity index (χ4v) is 2.81. The maximum Gasteiger partial charge on any atom is 0.138 e. The lowest BCUT2D eigenvalue weighted by molar-refractivity contribution is 1.44. The van der Waals surface area contributed by atoms with Crippen LogP contribution in [-0.4, -0.2) is 0 Å². The molecule has 3 rings (SSSR count). The molecule has 0 saturated carbocycles. The number of hydrogen-bond acceptors (Lipinski definition) is 3. The lowest BCUT2D eigenvalue weighted by Gasteiger charge is -2.15. The number of anilines is 1. The minimum Gasteiger partial charge on any atom is -0.399 e. The van der Waals surface area contributed by atoms with Gasteiger partial charge in [0.25, 0.3) is 0 Å². The van der Waals surface area contributed by atoms with Gasteiger partial charge in [-0.05, 0) is 34.4 Å². The summed E-state index contributed by atoms with van der Waals surface area (Å²) in [6, 6.07) is 28.9. The van der Waals surface area contributed by atoms with Gasteiger partial charge >= 0.3 is 0 Å². The van der Waals surface area contributed by atoms with Crippen LogP contribution in [-0.2, 0) is 0 Å². The van der Waals surface area contributed by atoms with Gasteiger partial charge in [0.2, 0.25) is 0 Å². The molecule has 0 aliphatic rings. The molecule has 0 unspecified atom stereocenters. The zero-order valence-corrected chi connectivity index (χ0v) is 13.5. The highest BCUT2D eigenvalue weighted by atomic mass is 14.5. The van der Waals surface area contributed by atoms with Gasteiger partial charge in [0.1, 0.15) is 17.7 Å². The Morgan fingerprint density at radius 2 is 1.36 bits per heavy atom. The predicted molar refractivity (Wildman–Crippen MR) is 100.0 cm³/mol. The van der Waals surface area contributed by atoms with Crippen LogP contribution in [0.4, 0.5) is 5.69 Å². The largest absolute Gasteiger partial charge is 0.399 e. The topological polar surface area (TPSA) is 73.6 Å². The number of nitrogens with two attached hydrogens (primary N) is 1. The van der Waals surface area contributed by atoms with E-state index in [-0.39, 0.29) is 5.57 Å². The van der Waals surface area contributed by atoms with Gasteiger partial charge in [-0.3, -0.25) is 0 Å². The van der Waals surface area contributed by atoms with E-state index >= 15 is 0 Å². The molecule has 0 bridgehead atoms. The van der Waals surface area contributed by atoms with Gasteiger partial charge in [-0.15, -0.1) is 0 Å². The van der Waals surface area contributed by atoms with E-state index in [1.54, 1.807) is 6.07 Å². The number of benzene rings is 3. The summed E-state index contributed by atoms with van der Waals surface area (Å²) in [6.45, 7) is 0. The van der Waals surface area contributed by atoms with Crippen LogP contribution < -0.4 is 5.73 Å². The molecule has 3 aromatic rings. The number of rotatable bonds is 3. The molecule has 0 fully saturated rings. The van der Waals surface area contributed by atoms with Crippen LogP contribution in [0.3, 0.4) is 0 Å². The number of nitrogen functional groups attached to an aromatic ring is 1. The second-order valence-electron chi connectivity index (χ2n) is 5.51. The average molecular weight is 321 g/mol. The maximum atomic E-state index is 9.48. The molecule has 3 heteroatoms. The van der Waals surface area contributed by atoms with Crippen LogP contribution in [0, 0.1) is 22.7 Å². The third-order valence-corrected chi connectivity index (χ3v) is 3.93.